The number of carboxylic acid groups (broad SMARTS) is 1. The van der Waals surface area contributed by atoms with Crippen LogP contribution in [0.1, 0.15) is 19.4 Å². The standard InChI is InChI=1S/C22H19ClN2O6S/c1-3-30-18-10-13(7-8-17(18)31-12(2)21(28)29)9-16-19(26)24-22(32)25(20(16)27)15-6-4-5-14(23)11-15/h4-12H,3H2,1-2H3,(H,28,29)(H,24,26,32)/p-1/b16-9+/t12-/m1/s1. The highest BCUT2D eigenvalue weighted by atomic mass is 35.5. The van der Waals surface area contributed by atoms with Crippen LogP contribution in [0.5, 0.6) is 11.5 Å². The third-order valence-corrected chi connectivity index (χ3v) is 4.90. The molecule has 8 nitrogen and oxygen atoms in total. The van der Waals surface area contributed by atoms with Crippen molar-refractivity contribution in [3.05, 3.63) is 58.6 Å². The van der Waals surface area contributed by atoms with Gasteiger partial charge >= 0.3 is 0 Å². The van der Waals surface area contributed by atoms with Gasteiger partial charge in [0.1, 0.15) is 11.7 Å². The topological polar surface area (TPSA) is 108 Å². The van der Waals surface area contributed by atoms with Gasteiger partial charge in [-0.1, -0.05) is 23.7 Å². The molecule has 10 heteroatoms. The van der Waals surface area contributed by atoms with Crippen LogP contribution >= 0.6 is 23.8 Å². The van der Waals surface area contributed by atoms with Crippen molar-refractivity contribution in [3.8, 4) is 11.5 Å². The van der Waals surface area contributed by atoms with E-state index in [0.29, 0.717) is 16.3 Å². The number of nitrogens with one attached hydrogen (secondary N) is 1. The summed E-state index contributed by atoms with van der Waals surface area (Å²) in [6.45, 7) is 3.37. The van der Waals surface area contributed by atoms with E-state index >= 15 is 0 Å². The number of carbonyl (C=O) groups excluding carboxylic acids is 3. The van der Waals surface area contributed by atoms with Crippen LogP contribution in [0.4, 0.5) is 5.69 Å². The average molecular weight is 474 g/mol. The van der Waals surface area contributed by atoms with Crippen LogP contribution in [0, 0.1) is 0 Å². The molecular formula is C22H18ClN2O6S-. The van der Waals surface area contributed by atoms with Gasteiger partial charge in [0.25, 0.3) is 11.8 Å². The van der Waals surface area contributed by atoms with E-state index in [1.807, 2.05) is 0 Å². The fourth-order valence-corrected chi connectivity index (χ4v) is 3.36. The predicted molar refractivity (Wildman–Crippen MR) is 120 cm³/mol. The molecule has 2 aromatic carbocycles. The number of hydrogen-bond acceptors (Lipinski definition) is 7. The summed E-state index contributed by atoms with van der Waals surface area (Å²) < 4.78 is 10.9. The maximum Gasteiger partial charge on any atom is 0.270 e. The van der Waals surface area contributed by atoms with E-state index in [1.54, 1.807) is 37.3 Å². The highest BCUT2D eigenvalue weighted by Gasteiger charge is 2.34. The number of ether oxygens (including phenoxy) is 2. The van der Waals surface area contributed by atoms with Crippen LogP contribution in [-0.4, -0.2) is 35.6 Å². The monoisotopic (exact) mass is 473 g/mol. The quantitative estimate of drug-likeness (QED) is 0.372. The van der Waals surface area contributed by atoms with Crippen molar-refractivity contribution in [2.24, 2.45) is 0 Å². The molecule has 0 aromatic heterocycles. The number of rotatable bonds is 7. The van der Waals surface area contributed by atoms with E-state index < -0.39 is 23.9 Å². The maximum atomic E-state index is 13.1. The molecule has 0 radical (unpaired) electrons. The summed E-state index contributed by atoms with van der Waals surface area (Å²) in [6.07, 6.45) is 0.183. The van der Waals surface area contributed by atoms with Gasteiger partial charge in [-0.2, -0.15) is 0 Å². The summed E-state index contributed by atoms with van der Waals surface area (Å²) in [6, 6.07) is 11.1. The Balaban J connectivity index is 1.97. The van der Waals surface area contributed by atoms with Gasteiger partial charge in [-0.15, -0.1) is 0 Å². The van der Waals surface area contributed by atoms with E-state index in [1.165, 1.54) is 30.0 Å². The zero-order valence-corrected chi connectivity index (χ0v) is 18.7. The number of halogens is 1. The first-order valence-electron chi connectivity index (χ1n) is 9.52. The Kier molecular flexibility index (Phi) is 7.12. The minimum absolute atomic E-state index is 0.0607. The second-order valence-electron chi connectivity index (χ2n) is 6.66. The molecule has 3 rings (SSSR count). The number of carboxylic acids is 1. The smallest absolute Gasteiger partial charge is 0.270 e. The van der Waals surface area contributed by atoms with Crippen molar-refractivity contribution in [1.82, 2.24) is 5.32 Å². The third-order valence-electron chi connectivity index (χ3n) is 4.38. The molecule has 1 aliphatic heterocycles. The Labute approximate surface area is 194 Å². The molecule has 1 aliphatic rings. The fourth-order valence-electron chi connectivity index (χ4n) is 2.89. The largest absolute Gasteiger partial charge is 0.546 e. The van der Waals surface area contributed by atoms with Crippen molar-refractivity contribution < 1.29 is 29.0 Å². The van der Waals surface area contributed by atoms with Crippen molar-refractivity contribution in [2.45, 2.75) is 20.0 Å². The molecule has 2 aromatic rings. The number of benzene rings is 2. The number of nitrogens with zero attached hydrogens (tertiary/aromatic N) is 1. The van der Waals surface area contributed by atoms with Crippen molar-refractivity contribution in [3.63, 3.8) is 0 Å². The second-order valence-corrected chi connectivity index (χ2v) is 7.48. The molecule has 1 heterocycles. The van der Waals surface area contributed by atoms with Crippen LogP contribution in [-0.2, 0) is 14.4 Å². The van der Waals surface area contributed by atoms with E-state index in [9.17, 15) is 19.5 Å². The number of hydrogen-bond donors (Lipinski definition) is 1. The van der Waals surface area contributed by atoms with Crippen LogP contribution < -0.4 is 24.8 Å². The molecular weight excluding hydrogens is 456 g/mol. The molecule has 0 spiro atoms. The normalized spacial score (nSPS) is 16.0. The molecule has 0 saturated carbocycles. The molecule has 0 bridgehead atoms. The predicted octanol–water partition coefficient (Wildman–Crippen LogP) is 2.09. The van der Waals surface area contributed by atoms with Crippen molar-refractivity contribution >= 4 is 58.5 Å². The van der Waals surface area contributed by atoms with Gasteiger partial charge in [-0.3, -0.25) is 19.8 Å². The molecule has 2 amide bonds. The highest BCUT2D eigenvalue weighted by molar-refractivity contribution is 7.80. The van der Waals surface area contributed by atoms with E-state index in [-0.39, 0.29) is 28.8 Å². The fraction of sp³-hybridized carbons (Fsp3) is 0.182. The number of aliphatic carboxylic acids is 1. The first-order chi connectivity index (χ1) is 15.2. The summed E-state index contributed by atoms with van der Waals surface area (Å²) in [5.41, 5.74) is 0.713. The molecule has 32 heavy (non-hydrogen) atoms. The molecule has 166 valence electrons. The van der Waals surface area contributed by atoms with Crippen LogP contribution in [0.25, 0.3) is 6.08 Å². The Morgan fingerprint density at radius 2 is 2.00 bits per heavy atom. The van der Waals surface area contributed by atoms with Crippen molar-refractivity contribution in [1.29, 1.82) is 0 Å². The summed E-state index contributed by atoms with van der Waals surface area (Å²) in [5, 5.41) is 13.8. The lowest BCUT2D eigenvalue weighted by atomic mass is 10.1. The van der Waals surface area contributed by atoms with Gasteiger partial charge in [-0.05, 0) is 68.0 Å². The zero-order valence-electron chi connectivity index (χ0n) is 17.1. The molecule has 0 unspecified atom stereocenters. The van der Waals surface area contributed by atoms with E-state index in [2.05, 4.69) is 5.32 Å². The summed E-state index contributed by atoms with van der Waals surface area (Å²) in [7, 11) is 0. The summed E-state index contributed by atoms with van der Waals surface area (Å²) in [5.74, 6) is -2.21. The molecule has 1 fully saturated rings. The Hall–Kier alpha value is -3.43. The van der Waals surface area contributed by atoms with Gasteiger partial charge in [0.05, 0.1) is 18.3 Å². The number of anilines is 1. The lowest BCUT2D eigenvalue weighted by Gasteiger charge is -2.29. The third kappa shape index (κ3) is 5.06. The van der Waals surface area contributed by atoms with Gasteiger partial charge in [0.15, 0.2) is 16.6 Å². The van der Waals surface area contributed by atoms with Crippen LogP contribution in [0.2, 0.25) is 5.02 Å². The van der Waals surface area contributed by atoms with Crippen LogP contribution in [0.15, 0.2) is 48.0 Å². The number of thiocarbonyl (C=S) groups is 1. The van der Waals surface area contributed by atoms with E-state index in [4.69, 9.17) is 33.3 Å². The van der Waals surface area contributed by atoms with Crippen LogP contribution in [0.3, 0.4) is 0 Å². The summed E-state index contributed by atoms with van der Waals surface area (Å²) in [4.78, 5) is 37.7. The Morgan fingerprint density at radius 1 is 1.25 bits per heavy atom. The lowest BCUT2D eigenvalue weighted by molar-refractivity contribution is -0.312. The van der Waals surface area contributed by atoms with Crippen molar-refractivity contribution in [2.75, 3.05) is 11.5 Å². The summed E-state index contributed by atoms with van der Waals surface area (Å²) >= 11 is 11.2. The first-order valence-corrected chi connectivity index (χ1v) is 10.3. The van der Waals surface area contributed by atoms with Gasteiger partial charge in [0, 0.05) is 5.02 Å². The molecule has 0 aliphatic carbocycles. The minimum atomic E-state index is -1.37. The minimum Gasteiger partial charge on any atom is -0.546 e. The molecule has 1 saturated heterocycles. The lowest BCUT2D eigenvalue weighted by Crippen LogP contribution is -2.54. The Morgan fingerprint density at radius 3 is 2.66 bits per heavy atom. The van der Waals surface area contributed by atoms with Gasteiger partial charge < -0.3 is 19.4 Å². The Bertz CT molecular complexity index is 1130. The van der Waals surface area contributed by atoms with Gasteiger partial charge in [0.2, 0.25) is 0 Å². The SMILES string of the molecule is CCOc1cc(/C=C2\C(=O)NC(=S)N(c3cccc(Cl)c3)C2=O)ccc1O[C@H](C)C(=O)[O-]. The molecule has 1 N–H and O–H groups in total. The average Bonchev–Trinajstić information content (AvgIpc) is 2.73. The van der Waals surface area contributed by atoms with E-state index in [0.717, 1.165) is 0 Å². The maximum absolute atomic E-state index is 13.1. The van der Waals surface area contributed by atoms with Gasteiger partial charge in [-0.25, -0.2) is 0 Å². The highest BCUT2D eigenvalue weighted by Crippen LogP contribution is 2.31. The number of carbonyl (C=O) groups is 3. The molecule has 1 atom stereocenters. The first kappa shape index (κ1) is 23.2. The zero-order chi connectivity index (χ0) is 23.4. The number of amides is 2. The second kappa shape index (κ2) is 9.80.